The molecule has 0 radical (unpaired) electrons. The van der Waals surface area contributed by atoms with Crippen LogP contribution in [0.2, 0.25) is 0 Å². The van der Waals surface area contributed by atoms with Gasteiger partial charge in [-0.05, 0) is 30.3 Å². The van der Waals surface area contributed by atoms with E-state index in [1.54, 1.807) is 30.3 Å². The highest BCUT2D eigenvalue weighted by Crippen LogP contribution is 2.49. The first kappa shape index (κ1) is 17.6. The van der Waals surface area contributed by atoms with Crippen LogP contribution in [-0.2, 0) is 9.09 Å². The minimum Gasteiger partial charge on any atom is -0.298 e. The zero-order valence-electron chi connectivity index (χ0n) is 13.2. The number of hydrogen-bond donors (Lipinski definition) is 0. The number of hydrogen-bond acceptors (Lipinski definition) is 3. The second-order valence-electron chi connectivity index (χ2n) is 5.36. The van der Waals surface area contributed by atoms with Crippen molar-refractivity contribution in [1.29, 1.82) is 5.26 Å². The molecule has 3 rings (SSSR count). The van der Waals surface area contributed by atoms with Crippen molar-refractivity contribution >= 4 is 33.9 Å². The highest BCUT2D eigenvalue weighted by molar-refractivity contribution is 9.10. The van der Waals surface area contributed by atoms with Crippen molar-refractivity contribution in [3.63, 3.8) is 0 Å². The summed E-state index contributed by atoms with van der Waals surface area (Å²) in [6, 6.07) is 27.5. The van der Waals surface area contributed by atoms with Crippen molar-refractivity contribution in [2.75, 3.05) is 0 Å². The molecular weight excluding hydrogens is 397 g/mol. The molecule has 3 nitrogen and oxygen atoms in total. The Kier molecular flexibility index (Phi) is 5.50. The fraction of sp³-hybridized carbons (Fsp3) is 0.0500. The lowest BCUT2D eigenvalue weighted by atomic mass is 10.1. The Morgan fingerprint density at radius 2 is 1.32 bits per heavy atom. The summed E-state index contributed by atoms with van der Waals surface area (Å²) >= 11 is 3.44. The smallest absolute Gasteiger partial charge is 0.262 e. The highest BCUT2D eigenvalue weighted by atomic mass is 79.9. The van der Waals surface area contributed by atoms with Crippen molar-refractivity contribution < 1.29 is 9.09 Å². The van der Waals surface area contributed by atoms with Crippen LogP contribution in [0.5, 0.6) is 0 Å². The van der Waals surface area contributed by atoms with Crippen LogP contribution in [0.15, 0.2) is 89.4 Å². The molecule has 124 valence electrons. The van der Waals surface area contributed by atoms with Gasteiger partial charge in [0.05, 0.1) is 6.07 Å². The first-order valence-electron chi connectivity index (χ1n) is 7.69. The SMILES string of the molecule is N#CC(OP(=O)(c1ccccc1)c1ccccc1)c1ccccc1Br. The van der Waals surface area contributed by atoms with Crippen LogP contribution in [0.1, 0.15) is 11.7 Å². The van der Waals surface area contributed by atoms with Crippen molar-refractivity contribution in [1.82, 2.24) is 0 Å². The number of nitrogens with zero attached hydrogens (tertiary/aromatic N) is 1. The molecule has 3 aromatic carbocycles. The Hall–Kier alpha value is -2.18. The third-order valence-corrected chi connectivity index (χ3v) is 6.94. The second kappa shape index (κ2) is 7.80. The summed E-state index contributed by atoms with van der Waals surface area (Å²) in [5, 5.41) is 10.8. The molecule has 0 saturated carbocycles. The average Bonchev–Trinajstić information content (AvgIpc) is 2.68. The van der Waals surface area contributed by atoms with E-state index in [9.17, 15) is 9.83 Å². The number of nitriles is 1. The molecule has 0 fully saturated rings. The largest absolute Gasteiger partial charge is 0.298 e. The lowest BCUT2D eigenvalue weighted by Crippen LogP contribution is -2.19. The van der Waals surface area contributed by atoms with Crippen LogP contribution in [0, 0.1) is 11.3 Å². The lowest BCUT2D eigenvalue weighted by Gasteiger charge is -2.23. The highest BCUT2D eigenvalue weighted by Gasteiger charge is 2.33. The molecule has 0 aliphatic rings. The number of benzene rings is 3. The Morgan fingerprint density at radius 1 is 0.840 bits per heavy atom. The van der Waals surface area contributed by atoms with Crippen molar-refractivity contribution in [3.05, 3.63) is 95.0 Å². The van der Waals surface area contributed by atoms with E-state index in [0.717, 1.165) is 4.47 Å². The maximum Gasteiger partial charge on any atom is 0.262 e. The summed E-state index contributed by atoms with van der Waals surface area (Å²) < 4.78 is 20.6. The summed E-state index contributed by atoms with van der Waals surface area (Å²) in [4.78, 5) is 0. The van der Waals surface area contributed by atoms with Crippen LogP contribution in [0.3, 0.4) is 0 Å². The van der Waals surface area contributed by atoms with Gasteiger partial charge in [-0.15, -0.1) is 0 Å². The molecular formula is C20H15BrNO2P. The van der Waals surface area contributed by atoms with E-state index in [2.05, 4.69) is 22.0 Å². The van der Waals surface area contributed by atoms with Crippen LogP contribution in [0.25, 0.3) is 0 Å². The van der Waals surface area contributed by atoms with E-state index < -0.39 is 13.5 Å². The zero-order chi connectivity index (χ0) is 17.7. The Balaban J connectivity index is 2.09. The minimum absolute atomic E-state index is 0.563. The van der Waals surface area contributed by atoms with Crippen LogP contribution < -0.4 is 10.6 Å². The van der Waals surface area contributed by atoms with Gasteiger partial charge in [-0.3, -0.25) is 9.09 Å². The maximum absolute atomic E-state index is 13.9. The van der Waals surface area contributed by atoms with E-state index in [0.29, 0.717) is 16.2 Å². The van der Waals surface area contributed by atoms with Crippen molar-refractivity contribution in [2.45, 2.75) is 6.10 Å². The zero-order valence-corrected chi connectivity index (χ0v) is 15.7. The lowest BCUT2D eigenvalue weighted by molar-refractivity contribution is 0.273. The summed E-state index contributed by atoms with van der Waals surface area (Å²) in [7, 11) is -3.43. The third-order valence-electron chi connectivity index (χ3n) is 3.75. The summed E-state index contributed by atoms with van der Waals surface area (Å²) in [5.41, 5.74) is 0.650. The van der Waals surface area contributed by atoms with Gasteiger partial charge < -0.3 is 0 Å². The van der Waals surface area contributed by atoms with Gasteiger partial charge in [-0.1, -0.05) is 70.5 Å². The van der Waals surface area contributed by atoms with Crippen LogP contribution in [0.4, 0.5) is 0 Å². The molecule has 5 heteroatoms. The maximum atomic E-state index is 13.9. The molecule has 0 heterocycles. The quantitative estimate of drug-likeness (QED) is 0.557. The van der Waals surface area contributed by atoms with Crippen molar-refractivity contribution in [3.8, 4) is 6.07 Å². The summed E-state index contributed by atoms with van der Waals surface area (Å²) in [6.07, 6.45) is -0.957. The van der Waals surface area contributed by atoms with Gasteiger partial charge in [0, 0.05) is 20.6 Å². The molecule has 0 bridgehead atoms. The summed E-state index contributed by atoms with van der Waals surface area (Å²) in [5.74, 6) is 0. The molecule has 3 aromatic rings. The molecule has 0 amide bonds. The van der Waals surface area contributed by atoms with Gasteiger partial charge in [0.15, 0.2) is 6.10 Å². The van der Waals surface area contributed by atoms with Gasteiger partial charge in [0.1, 0.15) is 0 Å². The molecule has 1 unspecified atom stereocenters. The van der Waals surface area contributed by atoms with E-state index in [-0.39, 0.29) is 0 Å². The van der Waals surface area contributed by atoms with Crippen LogP contribution in [-0.4, -0.2) is 0 Å². The Morgan fingerprint density at radius 3 is 1.80 bits per heavy atom. The monoisotopic (exact) mass is 411 g/mol. The van der Waals surface area contributed by atoms with E-state index >= 15 is 0 Å². The molecule has 0 spiro atoms. The van der Waals surface area contributed by atoms with Gasteiger partial charge in [0.25, 0.3) is 7.37 Å². The standard InChI is InChI=1S/C20H15BrNO2P/c21-19-14-8-7-13-18(19)20(15-22)24-25(23,16-9-3-1-4-10-16)17-11-5-2-6-12-17/h1-14,20H. The minimum atomic E-state index is -3.43. The number of halogens is 1. The normalized spacial score (nSPS) is 12.3. The van der Waals surface area contributed by atoms with Crippen LogP contribution >= 0.6 is 23.3 Å². The fourth-order valence-corrected chi connectivity index (χ4v) is 5.13. The van der Waals surface area contributed by atoms with Gasteiger partial charge in [-0.2, -0.15) is 5.26 Å². The molecule has 0 aromatic heterocycles. The topological polar surface area (TPSA) is 50.1 Å². The average molecular weight is 412 g/mol. The third kappa shape index (κ3) is 3.75. The second-order valence-corrected chi connectivity index (χ2v) is 8.56. The molecule has 0 saturated heterocycles. The fourth-order valence-electron chi connectivity index (χ4n) is 2.51. The van der Waals surface area contributed by atoms with E-state index in [1.165, 1.54) is 0 Å². The molecule has 1 atom stereocenters. The predicted octanol–water partition coefficient (Wildman–Crippen LogP) is 4.96. The molecule has 0 aliphatic heterocycles. The molecule has 25 heavy (non-hydrogen) atoms. The van der Waals surface area contributed by atoms with E-state index in [4.69, 9.17) is 4.52 Å². The Bertz CT molecular complexity index is 895. The molecule has 0 N–H and O–H groups in total. The molecule has 0 aliphatic carbocycles. The number of rotatable bonds is 5. The first-order chi connectivity index (χ1) is 12.1. The van der Waals surface area contributed by atoms with E-state index in [1.807, 2.05) is 54.6 Å². The van der Waals surface area contributed by atoms with Crippen molar-refractivity contribution in [2.24, 2.45) is 0 Å². The first-order valence-corrected chi connectivity index (χ1v) is 10.1. The predicted molar refractivity (Wildman–Crippen MR) is 103 cm³/mol. The van der Waals surface area contributed by atoms with Gasteiger partial charge >= 0.3 is 0 Å². The Labute approximate surface area is 155 Å². The van der Waals surface area contributed by atoms with Gasteiger partial charge in [-0.25, -0.2) is 0 Å². The summed E-state index contributed by atoms with van der Waals surface area (Å²) in [6.45, 7) is 0. The van der Waals surface area contributed by atoms with Gasteiger partial charge in [0.2, 0.25) is 0 Å².